The lowest BCUT2D eigenvalue weighted by molar-refractivity contribution is -0.138. The van der Waals surface area contributed by atoms with Crippen LogP contribution in [0.3, 0.4) is 0 Å². The molecule has 4 aliphatic rings. The molecular weight excluding hydrogens is 415 g/mol. The average Bonchev–Trinajstić information content (AvgIpc) is 2.79. The zero-order chi connectivity index (χ0) is 22.3. The fraction of sp³-hybridized carbons (Fsp3) is 0.600. The second kappa shape index (κ2) is 8.84. The predicted molar refractivity (Wildman–Crippen MR) is 119 cm³/mol. The average molecular weight is 448 g/mol. The van der Waals surface area contributed by atoms with E-state index in [9.17, 15) is 13.2 Å². The van der Waals surface area contributed by atoms with E-state index in [0.717, 1.165) is 57.4 Å². The summed E-state index contributed by atoms with van der Waals surface area (Å²) in [5.74, 6) is 0.463. The van der Waals surface area contributed by atoms with E-state index in [2.05, 4.69) is 34.5 Å². The topological polar surface area (TPSA) is 50.5 Å². The number of anilines is 1. The Morgan fingerprint density at radius 1 is 1.09 bits per heavy atom. The zero-order valence-corrected chi connectivity index (χ0v) is 18.2. The highest BCUT2D eigenvalue weighted by Gasteiger charge is 2.45. The fourth-order valence-corrected chi connectivity index (χ4v) is 5.82. The number of rotatable bonds is 3. The summed E-state index contributed by atoms with van der Waals surface area (Å²) in [7, 11) is 0. The van der Waals surface area contributed by atoms with Gasteiger partial charge in [0.1, 0.15) is 0 Å². The molecule has 3 heterocycles. The molecule has 0 amide bonds. The van der Waals surface area contributed by atoms with Gasteiger partial charge in [-0.2, -0.15) is 13.2 Å². The van der Waals surface area contributed by atoms with Crippen LogP contribution in [0, 0.1) is 11.8 Å². The number of hydrogen-bond acceptors (Lipinski definition) is 4. The van der Waals surface area contributed by atoms with Gasteiger partial charge in [0.05, 0.1) is 17.8 Å². The van der Waals surface area contributed by atoms with Crippen molar-refractivity contribution in [3.63, 3.8) is 0 Å². The van der Waals surface area contributed by atoms with E-state index in [1.54, 1.807) is 6.07 Å². The van der Waals surface area contributed by atoms with Crippen LogP contribution in [0.5, 0.6) is 0 Å². The summed E-state index contributed by atoms with van der Waals surface area (Å²) in [5, 5.41) is 3.59. The molecule has 0 radical (unpaired) electrons. The lowest BCUT2D eigenvalue weighted by Gasteiger charge is -2.48. The number of hydrogen-bond donors (Lipinski definition) is 2. The maximum Gasteiger partial charge on any atom is 0.416 e. The first kappa shape index (κ1) is 22.0. The van der Waals surface area contributed by atoms with Gasteiger partial charge >= 0.3 is 6.18 Å². The number of halogens is 3. The summed E-state index contributed by atoms with van der Waals surface area (Å²) in [6.45, 7) is 2.76. The number of allylic oxidation sites excluding steroid dienone is 3. The molecule has 2 saturated heterocycles. The third kappa shape index (κ3) is 4.47. The first-order valence-electron chi connectivity index (χ1n) is 11.8. The Morgan fingerprint density at radius 2 is 1.91 bits per heavy atom. The van der Waals surface area contributed by atoms with Gasteiger partial charge in [0.2, 0.25) is 0 Å². The molecule has 4 nitrogen and oxygen atoms in total. The van der Waals surface area contributed by atoms with Crippen molar-refractivity contribution in [2.75, 3.05) is 25.0 Å². The molecule has 174 valence electrons. The number of nitrogens with one attached hydrogen (secondary N) is 1. The second-order valence-electron chi connectivity index (χ2n) is 9.74. The molecule has 7 heteroatoms. The molecule has 5 rings (SSSR count). The first-order valence-corrected chi connectivity index (χ1v) is 11.8. The Balaban J connectivity index is 1.40. The van der Waals surface area contributed by atoms with E-state index >= 15 is 0 Å². The van der Waals surface area contributed by atoms with Gasteiger partial charge in [-0.1, -0.05) is 24.3 Å². The number of likely N-dealkylation sites (tertiary alicyclic amines) is 1. The maximum absolute atomic E-state index is 13.5. The molecule has 1 aromatic rings. The van der Waals surface area contributed by atoms with Crippen molar-refractivity contribution in [1.82, 2.24) is 4.90 Å². The third-order valence-corrected chi connectivity index (χ3v) is 7.59. The largest absolute Gasteiger partial charge is 0.416 e. The van der Waals surface area contributed by atoms with E-state index in [1.165, 1.54) is 12.1 Å². The van der Waals surface area contributed by atoms with E-state index in [-0.39, 0.29) is 30.2 Å². The summed E-state index contributed by atoms with van der Waals surface area (Å²) in [5.41, 5.74) is 6.86. The van der Waals surface area contributed by atoms with Gasteiger partial charge in [0.25, 0.3) is 0 Å². The summed E-state index contributed by atoms with van der Waals surface area (Å²) in [6, 6.07) is 4.49. The van der Waals surface area contributed by atoms with Gasteiger partial charge in [-0.25, -0.2) is 0 Å². The van der Waals surface area contributed by atoms with E-state index in [0.29, 0.717) is 11.5 Å². The highest BCUT2D eigenvalue weighted by Crippen LogP contribution is 2.49. The predicted octanol–water partition coefficient (Wildman–Crippen LogP) is 4.89. The molecule has 3 N–H and O–H groups in total. The molecule has 5 atom stereocenters. The maximum atomic E-state index is 13.5. The Hall–Kier alpha value is -1.83. The number of benzene rings is 1. The minimum absolute atomic E-state index is 0.0357. The van der Waals surface area contributed by atoms with Crippen molar-refractivity contribution in [3.05, 3.63) is 53.6 Å². The van der Waals surface area contributed by atoms with Crippen molar-refractivity contribution in [3.8, 4) is 0 Å². The van der Waals surface area contributed by atoms with E-state index in [1.807, 2.05) is 0 Å². The van der Waals surface area contributed by atoms with Crippen LogP contribution in [0.4, 0.5) is 18.9 Å². The smallest absolute Gasteiger partial charge is 0.381 e. The molecular formula is C25H32F3N3O. The van der Waals surface area contributed by atoms with Crippen molar-refractivity contribution >= 4 is 5.69 Å². The number of alkyl halides is 3. The summed E-state index contributed by atoms with van der Waals surface area (Å²) in [6.07, 6.45) is 8.66. The quantitative estimate of drug-likeness (QED) is 0.693. The van der Waals surface area contributed by atoms with Crippen molar-refractivity contribution in [2.45, 2.75) is 62.6 Å². The highest BCUT2D eigenvalue weighted by molar-refractivity contribution is 5.58. The molecule has 1 aromatic carbocycles. The van der Waals surface area contributed by atoms with Crippen LogP contribution in [0.25, 0.3) is 0 Å². The molecule has 2 fully saturated rings. The summed E-state index contributed by atoms with van der Waals surface area (Å²) >= 11 is 0. The summed E-state index contributed by atoms with van der Waals surface area (Å²) < 4.78 is 47.0. The molecule has 1 aliphatic carbocycles. The molecule has 1 unspecified atom stereocenters. The number of nitrogens with two attached hydrogens (primary N) is 1. The molecule has 0 bridgehead atoms. The molecule has 32 heavy (non-hydrogen) atoms. The zero-order valence-electron chi connectivity index (χ0n) is 18.2. The second-order valence-corrected chi connectivity index (χ2v) is 9.74. The standard InChI is InChI=1S/C25H32F3N3O/c26-25(27,28)17-6-9-22-21(14-17)24-20(23(30-22)16-4-2-1-3-5-16)8-7-19(32-24)15-31-12-10-18(29)11-13-31/h1-4,6,9,14,16,18-20,23-24,30H,5,7-8,10-13,15,29H2/t16?,19-,20+,23+,24+/m1/s1. The Bertz CT molecular complexity index is 876. The van der Waals surface area contributed by atoms with Gasteiger partial charge in [0, 0.05) is 41.7 Å². The number of fused-ring (bicyclic) bond motifs is 3. The van der Waals surface area contributed by atoms with Gasteiger partial charge in [0.15, 0.2) is 0 Å². The van der Waals surface area contributed by atoms with Gasteiger partial charge in [-0.15, -0.1) is 0 Å². The van der Waals surface area contributed by atoms with Crippen LogP contribution in [0.1, 0.15) is 49.3 Å². The minimum Gasteiger partial charge on any atom is -0.381 e. The van der Waals surface area contributed by atoms with Crippen LogP contribution in [0.15, 0.2) is 42.5 Å². The molecule has 3 aliphatic heterocycles. The van der Waals surface area contributed by atoms with Crippen LogP contribution < -0.4 is 11.1 Å². The number of piperidine rings is 1. The Labute approximate surface area is 187 Å². The van der Waals surface area contributed by atoms with Crippen LogP contribution in [-0.2, 0) is 10.9 Å². The van der Waals surface area contributed by atoms with Crippen LogP contribution in [-0.4, -0.2) is 42.7 Å². The van der Waals surface area contributed by atoms with E-state index in [4.69, 9.17) is 10.5 Å². The van der Waals surface area contributed by atoms with Crippen LogP contribution >= 0.6 is 0 Å². The fourth-order valence-electron chi connectivity index (χ4n) is 5.82. The monoisotopic (exact) mass is 447 g/mol. The minimum atomic E-state index is -4.36. The summed E-state index contributed by atoms with van der Waals surface area (Å²) in [4.78, 5) is 2.40. The van der Waals surface area contributed by atoms with Crippen molar-refractivity contribution in [1.29, 1.82) is 0 Å². The van der Waals surface area contributed by atoms with Crippen molar-refractivity contribution in [2.24, 2.45) is 17.6 Å². The third-order valence-electron chi connectivity index (χ3n) is 7.59. The molecule has 0 spiro atoms. The SMILES string of the molecule is NC1CCN(C[C@H]2CC[C@@H]3[C@H](O2)c2cc(C(F)(F)F)ccc2N[C@H]3C2C=CC=CC2)CC1. The Morgan fingerprint density at radius 3 is 2.62 bits per heavy atom. The molecule has 0 aromatic heterocycles. The van der Waals surface area contributed by atoms with Crippen molar-refractivity contribution < 1.29 is 17.9 Å². The Kier molecular flexibility index (Phi) is 6.07. The number of ether oxygens (including phenoxy) is 1. The van der Waals surface area contributed by atoms with E-state index < -0.39 is 11.7 Å². The molecule has 0 saturated carbocycles. The highest BCUT2D eigenvalue weighted by atomic mass is 19.4. The lowest BCUT2D eigenvalue weighted by atomic mass is 9.73. The van der Waals surface area contributed by atoms with Gasteiger partial charge in [-0.05, 0) is 63.4 Å². The lowest BCUT2D eigenvalue weighted by Crippen LogP contribution is -2.49. The normalized spacial score (nSPS) is 33.4. The van der Waals surface area contributed by atoms with Gasteiger partial charge in [-0.3, -0.25) is 0 Å². The van der Waals surface area contributed by atoms with Gasteiger partial charge < -0.3 is 20.7 Å². The number of nitrogens with zero attached hydrogens (tertiary/aromatic N) is 1. The first-order chi connectivity index (χ1) is 15.4. The van der Waals surface area contributed by atoms with Crippen LogP contribution in [0.2, 0.25) is 0 Å².